The summed E-state index contributed by atoms with van der Waals surface area (Å²) in [5, 5.41) is 14.5. The number of non-ortho nitro benzene ring substituents is 1. The van der Waals surface area contributed by atoms with Crippen LogP contribution in [0.1, 0.15) is 19.3 Å². The number of nitrogens with zero attached hydrogens (tertiary/aromatic N) is 2. The highest BCUT2D eigenvalue weighted by Gasteiger charge is 2.37. The number of nitrogens with one attached hydrogen (secondary N) is 1. The number of nitro benzene ring substituents is 1. The Morgan fingerprint density at radius 2 is 2.10 bits per heavy atom. The third-order valence-electron chi connectivity index (χ3n) is 3.65. The summed E-state index contributed by atoms with van der Waals surface area (Å²) in [5.41, 5.74) is 0.363. The molecule has 1 amide bonds. The van der Waals surface area contributed by atoms with Crippen molar-refractivity contribution >= 4 is 28.9 Å². The fourth-order valence-electron chi connectivity index (χ4n) is 2.43. The summed E-state index contributed by atoms with van der Waals surface area (Å²) in [7, 11) is 0. The summed E-state index contributed by atoms with van der Waals surface area (Å²) in [4.78, 5) is 24.2. The summed E-state index contributed by atoms with van der Waals surface area (Å²) in [5.74, 6) is -0.0562. The van der Waals surface area contributed by atoms with Gasteiger partial charge in [0, 0.05) is 24.7 Å². The summed E-state index contributed by atoms with van der Waals surface area (Å²) < 4.78 is 0. The molecule has 0 spiro atoms. The van der Waals surface area contributed by atoms with Gasteiger partial charge in [-0.15, -0.1) is 0 Å². The molecule has 1 aliphatic carbocycles. The van der Waals surface area contributed by atoms with Gasteiger partial charge in [-0.1, -0.05) is 11.6 Å². The van der Waals surface area contributed by atoms with Crippen molar-refractivity contribution in [2.45, 2.75) is 31.3 Å². The van der Waals surface area contributed by atoms with Crippen LogP contribution in [0.5, 0.6) is 0 Å². The molecule has 6 nitrogen and oxygen atoms in total. The van der Waals surface area contributed by atoms with Crippen LogP contribution in [0.4, 0.5) is 11.4 Å². The maximum Gasteiger partial charge on any atom is 0.271 e. The van der Waals surface area contributed by atoms with Crippen LogP contribution in [-0.4, -0.2) is 29.5 Å². The van der Waals surface area contributed by atoms with E-state index < -0.39 is 4.92 Å². The number of rotatable bonds is 4. The molecule has 1 N–H and O–H groups in total. The smallest absolute Gasteiger partial charge is 0.271 e. The van der Waals surface area contributed by atoms with Gasteiger partial charge < -0.3 is 10.2 Å². The normalized spacial score (nSPS) is 22.4. The average molecular weight is 296 g/mol. The summed E-state index contributed by atoms with van der Waals surface area (Å²) in [6.07, 6.45) is 2.93. The van der Waals surface area contributed by atoms with E-state index in [-0.39, 0.29) is 17.6 Å². The fraction of sp³-hybridized carbons (Fsp3) is 0.462. The predicted octanol–water partition coefficient (Wildman–Crippen LogP) is 2.11. The first kappa shape index (κ1) is 13.3. The molecule has 0 aromatic heterocycles. The molecule has 106 valence electrons. The molecule has 1 aromatic rings. The number of benzene rings is 1. The summed E-state index contributed by atoms with van der Waals surface area (Å²) >= 11 is 6.08. The van der Waals surface area contributed by atoms with Gasteiger partial charge in [-0.25, -0.2) is 0 Å². The summed E-state index contributed by atoms with van der Waals surface area (Å²) in [6, 6.07) is 4.41. The Balaban J connectivity index is 1.83. The Labute approximate surface area is 120 Å². The Hall–Kier alpha value is -1.66. The number of carbonyl (C=O) groups is 1. The standard InChI is InChI=1S/C13H14ClN3O3/c14-10-4-3-9(17(19)20)7-12(10)16-6-5-11(13(16)18)15-8-1-2-8/h3-4,7-8,11,15H,1-2,5-6H2. The number of amides is 1. The van der Waals surface area contributed by atoms with Gasteiger partial charge in [0.25, 0.3) is 5.69 Å². The van der Waals surface area contributed by atoms with Crippen molar-refractivity contribution < 1.29 is 9.72 Å². The maximum absolute atomic E-state index is 12.3. The third kappa shape index (κ3) is 2.48. The molecule has 1 atom stereocenters. The maximum atomic E-state index is 12.3. The molecule has 0 bridgehead atoms. The van der Waals surface area contributed by atoms with Gasteiger partial charge in [0.1, 0.15) is 0 Å². The van der Waals surface area contributed by atoms with E-state index in [9.17, 15) is 14.9 Å². The van der Waals surface area contributed by atoms with E-state index in [1.165, 1.54) is 23.1 Å². The van der Waals surface area contributed by atoms with Crippen molar-refractivity contribution in [1.29, 1.82) is 0 Å². The highest BCUT2D eigenvalue weighted by atomic mass is 35.5. The van der Waals surface area contributed by atoms with Crippen LogP contribution < -0.4 is 10.2 Å². The Morgan fingerprint density at radius 3 is 2.75 bits per heavy atom. The fourth-order valence-corrected chi connectivity index (χ4v) is 2.65. The van der Waals surface area contributed by atoms with Gasteiger partial charge in [-0.3, -0.25) is 14.9 Å². The molecule has 1 aliphatic heterocycles. The van der Waals surface area contributed by atoms with Gasteiger partial charge >= 0.3 is 0 Å². The Kier molecular flexibility index (Phi) is 3.35. The Morgan fingerprint density at radius 1 is 1.35 bits per heavy atom. The second kappa shape index (κ2) is 5.03. The van der Waals surface area contributed by atoms with Crippen LogP contribution in [0.15, 0.2) is 18.2 Å². The molecular formula is C13H14ClN3O3. The average Bonchev–Trinajstić information content (AvgIpc) is 3.16. The first-order valence-corrected chi connectivity index (χ1v) is 6.95. The van der Waals surface area contributed by atoms with Gasteiger partial charge in [0.2, 0.25) is 5.91 Å². The van der Waals surface area contributed by atoms with Crippen molar-refractivity contribution in [3.8, 4) is 0 Å². The van der Waals surface area contributed by atoms with Gasteiger partial charge in [0.15, 0.2) is 0 Å². The lowest BCUT2D eigenvalue weighted by Crippen LogP contribution is -2.39. The van der Waals surface area contributed by atoms with Crippen molar-refractivity contribution in [2.24, 2.45) is 0 Å². The zero-order chi connectivity index (χ0) is 14.3. The molecule has 2 aliphatic rings. The third-order valence-corrected chi connectivity index (χ3v) is 3.97. The minimum atomic E-state index is -0.486. The number of nitro groups is 1. The molecule has 0 radical (unpaired) electrons. The van der Waals surface area contributed by atoms with E-state index in [2.05, 4.69) is 5.32 Å². The first-order valence-electron chi connectivity index (χ1n) is 6.57. The molecule has 1 saturated carbocycles. The van der Waals surface area contributed by atoms with E-state index in [1.54, 1.807) is 0 Å². The first-order chi connectivity index (χ1) is 9.56. The number of hydrogen-bond donors (Lipinski definition) is 1. The summed E-state index contributed by atoms with van der Waals surface area (Å²) in [6.45, 7) is 0.532. The lowest BCUT2D eigenvalue weighted by Gasteiger charge is -2.18. The van der Waals surface area contributed by atoms with E-state index >= 15 is 0 Å². The van der Waals surface area contributed by atoms with Gasteiger partial charge in [0.05, 0.1) is 21.7 Å². The van der Waals surface area contributed by atoms with Crippen LogP contribution in [0, 0.1) is 10.1 Å². The molecule has 3 rings (SSSR count). The second-order valence-electron chi connectivity index (χ2n) is 5.16. The zero-order valence-corrected chi connectivity index (χ0v) is 11.5. The van der Waals surface area contributed by atoms with E-state index in [0.29, 0.717) is 29.7 Å². The molecule has 1 heterocycles. The minimum Gasteiger partial charge on any atom is -0.309 e. The molecular weight excluding hydrogens is 282 g/mol. The minimum absolute atomic E-state index is 0.0562. The van der Waals surface area contributed by atoms with Crippen molar-refractivity contribution in [2.75, 3.05) is 11.4 Å². The highest BCUT2D eigenvalue weighted by molar-refractivity contribution is 6.34. The monoisotopic (exact) mass is 295 g/mol. The number of hydrogen-bond acceptors (Lipinski definition) is 4. The molecule has 2 fully saturated rings. The second-order valence-corrected chi connectivity index (χ2v) is 5.57. The number of carbonyl (C=O) groups excluding carboxylic acids is 1. The van der Waals surface area contributed by atoms with E-state index in [4.69, 9.17) is 11.6 Å². The SMILES string of the molecule is O=C1C(NC2CC2)CCN1c1cc([N+](=O)[O-])ccc1Cl. The van der Waals surface area contributed by atoms with Crippen molar-refractivity contribution in [3.63, 3.8) is 0 Å². The molecule has 1 unspecified atom stereocenters. The quantitative estimate of drug-likeness (QED) is 0.682. The lowest BCUT2D eigenvalue weighted by molar-refractivity contribution is -0.384. The van der Waals surface area contributed by atoms with Crippen LogP contribution in [0.25, 0.3) is 0 Å². The van der Waals surface area contributed by atoms with Crippen molar-refractivity contribution in [3.05, 3.63) is 33.3 Å². The van der Waals surface area contributed by atoms with Crippen LogP contribution in [0.3, 0.4) is 0 Å². The molecule has 1 saturated heterocycles. The van der Waals surface area contributed by atoms with Crippen LogP contribution in [-0.2, 0) is 4.79 Å². The molecule has 7 heteroatoms. The largest absolute Gasteiger partial charge is 0.309 e. The number of anilines is 1. The molecule has 20 heavy (non-hydrogen) atoms. The van der Waals surface area contributed by atoms with E-state index in [0.717, 1.165) is 12.8 Å². The van der Waals surface area contributed by atoms with E-state index in [1.807, 2.05) is 0 Å². The Bertz CT molecular complexity index is 574. The van der Waals surface area contributed by atoms with Crippen LogP contribution in [0.2, 0.25) is 5.02 Å². The predicted molar refractivity (Wildman–Crippen MR) is 75.0 cm³/mol. The highest BCUT2D eigenvalue weighted by Crippen LogP contribution is 2.33. The van der Waals surface area contributed by atoms with Gasteiger partial charge in [-0.05, 0) is 25.3 Å². The molecule has 1 aromatic carbocycles. The lowest BCUT2D eigenvalue weighted by atomic mass is 10.2. The zero-order valence-electron chi connectivity index (χ0n) is 10.7. The van der Waals surface area contributed by atoms with Crippen molar-refractivity contribution in [1.82, 2.24) is 5.32 Å². The van der Waals surface area contributed by atoms with Crippen LogP contribution >= 0.6 is 11.6 Å². The number of halogens is 1. The van der Waals surface area contributed by atoms with Gasteiger partial charge in [-0.2, -0.15) is 0 Å². The topological polar surface area (TPSA) is 75.5 Å².